The molecule has 2 aromatic carbocycles. The van der Waals surface area contributed by atoms with Gasteiger partial charge < -0.3 is 15.4 Å². The minimum Gasteiger partial charge on any atom is -0.451 e. The van der Waals surface area contributed by atoms with E-state index >= 15 is 0 Å². The molecule has 158 valence electrons. The van der Waals surface area contributed by atoms with Gasteiger partial charge in [-0.1, -0.05) is 20.8 Å². The Kier molecular flexibility index (Phi) is 7.10. The molecular formula is C23H26N2O5. The Morgan fingerprint density at radius 2 is 1.27 bits per heavy atom. The van der Waals surface area contributed by atoms with Crippen molar-refractivity contribution >= 4 is 34.9 Å². The zero-order valence-corrected chi connectivity index (χ0v) is 17.7. The first-order valence-electron chi connectivity index (χ1n) is 9.52. The molecule has 2 aromatic rings. The summed E-state index contributed by atoms with van der Waals surface area (Å²) in [5, 5.41) is 5.39. The van der Waals surface area contributed by atoms with Crippen molar-refractivity contribution < 1.29 is 23.9 Å². The average molecular weight is 410 g/mol. The van der Waals surface area contributed by atoms with Crippen molar-refractivity contribution in [3.05, 3.63) is 59.7 Å². The maximum Gasteiger partial charge on any atom is 0.338 e. The smallest absolute Gasteiger partial charge is 0.338 e. The van der Waals surface area contributed by atoms with E-state index in [9.17, 15) is 19.2 Å². The van der Waals surface area contributed by atoms with Crippen molar-refractivity contribution in [1.82, 2.24) is 0 Å². The number of carbonyl (C=O) groups excluding carboxylic acids is 4. The zero-order valence-electron chi connectivity index (χ0n) is 17.7. The molecule has 30 heavy (non-hydrogen) atoms. The third-order valence-corrected chi connectivity index (χ3v) is 4.20. The normalized spacial score (nSPS) is 11.9. The van der Waals surface area contributed by atoms with Gasteiger partial charge in [-0.3, -0.25) is 14.4 Å². The Hall–Kier alpha value is -3.48. The lowest BCUT2D eigenvalue weighted by atomic mass is 9.95. The van der Waals surface area contributed by atoms with Gasteiger partial charge >= 0.3 is 5.97 Å². The molecule has 0 unspecified atom stereocenters. The number of Topliss-reactive ketones (excluding diaryl/α,β-unsaturated/α-hetero) is 1. The molecule has 0 aliphatic carbocycles. The number of esters is 1. The van der Waals surface area contributed by atoms with Crippen LogP contribution in [0.4, 0.5) is 11.4 Å². The third-order valence-electron chi connectivity index (χ3n) is 4.20. The van der Waals surface area contributed by atoms with Crippen LogP contribution in [0.1, 0.15) is 55.3 Å². The van der Waals surface area contributed by atoms with Crippen molar-refractivity contribution in [2.45, 2.75) is 40.7 Å². The first-order valence-corrected chi connectivity index (χ1v) is 9.52. The van der Waals surface area contributed by atoms with Crippen LogP contribution in [0.15, 0.2) is 48.5 Å². The third kappa shape index (κ3) is 6.27. The van der Waals surface area contributed by atoms with Crippen molar-refractivity contribution in [2.75, 3.05) is 10.6 Å². The predicted octanol–water partition coefficient (Wildman–Crippen LogP) is 4.06. The molecule has 2 N–H and O–H groups in total. The van der Waals surface area contributed by atoms with Crippen molar-refractivity contribution in [1.29, 1.82) is 0 Å². The second-order valence-corrected chi connectivity index (χ2v) is 7.95. The van der Waals surface area contributed by atoms with E-state index in [-0.39, 0.29) is 23.2 Å². The number of hydrogen-bond acceptors (Lipinski definition) is 5. The Balaban J connectivity index is 1.99. The minimum absolute atomic E-state index is 0.131. The minimum atomic E-state index is -0.984. The molecular weight excluding hydrogens is 384 g/mol. The summed E-state index contributed by atoms with van der Waals surface area (Å²) in [5.74, 6) is -1.34. The Morgan fingerprint density at radius 3 is 1.73 bits per heavy atom. The van der Waals surface area contributed by atoms with Crippen LogP contribution in [0.25, 0.3) is 0 Å². The molecule has 0 radical (unpaired) electrons. The second-order valence-electron chi connectivity index (χ2n) is 7.95. The summed E-state index contributed by atoms with van der Waals surface area (Å²) in [6.45, 7) is 8.32. The van der Waals surface area contributed by atoms with Crippen LogP contribution in [0.2, 0.25) is 0 Å². The van der Waals surface area contributed by atoms with Gasteiger partial charge in [0.1, 0.15) is 0 Å². The first-order chi connectivity index (χ1) is 14.0. The van der Waals surface area contributed by atoms with Gasteiger partial charge in [0.15, 0.2) is 6.10 Å². The summed E-state index contributed by atoms with van der Waals surface area (Å²) in [5.41, 5.74) is 1.24. The van der Waals surface area contributed by atoms with E-state index in [2.05, 4.69) is 10.6 Å². The highest BCUT2D eigenvalue weighted by Gasteiger charge is 2.22. The second kappa shape index (κ2) is 9.35. The molecule has 0 saturated carbocycles. The van der Waals surface area contributed by atoms with Crippen molar-refractivity contribution in [3.63, 3.8) is 0 Å². The Morgan fingerprint density at radius 1 is 0.800 bits per heavy atom. The van der Waals surface area contributed by atoms with E-state index < -0.39 is 17.5 Å². The maximum absolute atomic E-state index is 12.6. The summed E-state index contributed by atoms with van der Waals surface area (Å²) in [6, 6.07) is 12.6. The maximum atomic E-state index is 12.6. The van der Waals surface area contributed by atoms with Gasteiger partial charge in [-0.2, -0.15) is 0 Å². The number of ketones is 1. The molecule has 0 spiro atoms. The van der Waals surface area contributed by atoms with Crippen LogP contribution in [0, 0.1) is 5.41 Å². The molecule has 7 nitrogen and oxygen atoms in total. The molecule has 2 rings (SSSR count). The largest absolute Gasteiger partial charge is 0.451 e. The van der Waals surface area contributed by atoms with E-state index in [1.807, 2.05) is 20.8 Å². The van der Waals surface area contributed by atoms with E-state index in [0.717, 1.165) is 0 Å². The topological polar surface area (TPSA) is 102 Å². The number of carbonyl (C=O) groups is 4. The highest BCUT2D eigenvalue weighted by molar-refractivity contribution is 6.02. The molecule has 0 aliphatic heterocycles. The van der Waals surface area contributed by atoms with Crippen LogP contribution in [0.5, 0.6) is 0 Å². The van der Waals surface area contributed by atoms with E-state index in [1.54, 1.807) is 36.4 Å². The first kappa shape index (κ1) is 22.8. The summed E-state index contributed by atoms with van der Waals surface area (Å²) in [6.07, 6.45) is -0.984. The lowest BCUT2D eigenvalue weighted by Crippen LogP contribution is -2.27. The fourth-order valence-corrected chi connectivity index (χ4v) is 2.45. The van der Waals surface area contributed by atoms with Crippen LogP contribution in [-0.2, 0) is 14.3 Å². The number of amides is 2. The van der Waals surface area contributed by atoms with Gasteiger partial charge in [-0.25, -0.2) is 4.79 Å². The number of nitrogens with one attached hydrogen (secondary N) is 2. The van der Waals surface area contributed by atoms with Gasteiger partial charge in [0.25, 0.3) is 0 Å². The number of rotatable bonds is 6. The zero-order chi connectivity index (χ0) is 22.5. The number of benzene rings is 2. The molecule has 7 heteroatoms. The van der Waals surface area contributed by atoms with Crippen molar-refractivity contribution in [2.24, 2.45) is 5.41 Å². The van der Waals surface area contributed by atoms with E-state index in [1.165, 1.54) is 26.0 Å². The SMILES string of the molecule is CC(=O)Nc1ccc(C(=O)O[C@@H](C)C(=O)c2ccc(NC(=O)C(C)(C)C)cc2)cc1. The average Bonchev–Trinajstić information content (AvgIpc) is 2.67. The van der Waals surface area contributed by atoms with Gasteiger partial charge in [0, 0.05) is 29.3 Å². The lowest BCUT2D eigenvalue weighted by molar-refractivity contribution is -0.123. The highest BCUT2D eigenvalue weighted by Crippen LogP contribution is 2.19. The molecule has 0 aliphatic rings. The van der Waals surface area contributed by atoms with Crippen LogP contribution < -0.4 is 10.6 Å². The predicted molar refractivity (Wildman–Crippen MR) is 114 cm³/mol. The molecule has 0 heterocycles. The number of hydrogen-bond donors (Lipinski definition) is 2. The van der Waals surface area contributed by atoms with Gasteiger partial charge in [-0.15, -0.1) is 0 Å². The van der Waals surface area contributed by atoms with Crippen LogP contribution in [-0.4, -0.2) is 29.7 Å². The molecule has 0 fully saturated rings. The Labute approximate surface area is 175 Å². The van der Waals surface area contributed by atoms with Gasteiger partial charge in [0.2, 0.25) is 17.6 Å². The fraction of sp³-hybridized carbons (Fsp3) is 0.304. The lowest BCUT2D eigenvalue weighted by Gasteiger charge is -2.18. The Bertz CT molecular complexity index is 941. The van der Waals surface area contributed by atoms with Gasteiger partial charge in [-0.05, 0) is 55.5 Å². The van der Waals surface area contributed by atoms with E-state index in [0.29, 0.717) is 16.9 Å². The monoisotopic (exact) mass is 410 g/mol. The summed E-state index contributed by atoms with van der Waals surface area (Å²) in [7, 11) is 0. The van der Waals surface area contributed by atoms with Crippen LogP contribution >= 0.6 is 0 Å². The molecule has 0 aromatic heterocycles. The van der Waals surface area contributed by atoms with Crippen molar-refractivity contribution in [3.8, 4) is 0 Å². The molecule has 1 atom stereocenters. The quantitative estimate of drug-likeness (QED) is 0.552. The van der Waals surface area contributed by atoms with Gasteiger partial charge in [0.05, 0.1) is 5.56 Å². The highest BCUT2D eigenvalue weighted by atomic mass is 16.5. The molecule has 0 bridgehead atoms. The van der Waals surface area contributed by atoms with E-state index in [4.69, 9.17) is 4.74 Å². The standard InChI is InChI=1S/C23H26N2O5/c1-14(30-21(28)17-8-12-18(13-9-17)24-15(2)26)20(27)16-6-10-19(11-7-16)25-22(29)23(3,4)5/h6-14H,1-5H3,(H,24,26)(H,25,29)/t14-/m0/s1. The molecule has 0 saturated heterocycles. The number of ether oxygens (including phenoxy) is 1. The summed E-state index contributed by atoms with van der Waals surface area (Å²) >= 11 is 0. The summed E-state index contributed by atoms with van der Waals surface area (Å²) < 4.78 is 5.27. The van der Waals surface area contributed by atoms with Crippen LogP contribution in [0.3, 0.4) is 0 Å². The fourth-order valence-electron chi connectivity index (χ4n) is 2.45. The summed E-state index contributed by atoms with van der Waals surface area (Å²) in [4.78, 5) is 47.9. The molecule has 2 amide bonds. The number of anilines is 2.